The van der Waals surface area contributed by atoms with E-state index in [-0.39, 0.29) is 5.69 Å². The highest BCUT2D eigenvalue weighted by Crippen LogP contribution is 2.18. The van der Waals surface area contributed by atoms with Crippen molar-refractivity contribution in [3.8, 4) is 0 Å². The lowest BCUT2D eigenvalue weighted by Crippen LogP contribution is -2.32. The van der Waals surface area contributed by atoms with Crippen molar-refractivity contribution in [1.82, 2.24) is 5.43 Å². The largest absolute Gasteiger partial charge is 0.361 e. The maximum atomic E-state index is 10.7. The maximum Gasteiger partial charge on any atom is 0.329 e. The fourth-order valence-corrected chi connectivity index (χ4v) is 1.14. The van der Waals surface area contributed by atoms with Crippen molar-refractivity contribution in [2.45, 2.75) is 0 Å². The average Bonchev–Trinajstić information content (AvgIpc) is 2.38. The molecule has 98 valence electrons. The lowest BCUT2D eigenvalue weighted by molar-refractivity contribution is -0.385. The molecule has 0 unspecified atom stereocenters. The predicted octanol–water partition coefficient (Wildman–Crippen LogP) is 0.195. The number of nitrogens with two attached hydrogens (primary N) is 1. The fraction of sp³-hybridized carbons (Fsp3) is 0. The van der Waals surface area contributed by atoms with Crippen molar-refractivity contribution in [3.05, 3.63) is 46.0 Å². The Morgan fingerprint density at radius 1 is 1.37 bits per heavy atom. The summed E-state index contributed by atoms with van der Waals surface area (Å²) in [4.78, 5) is 31.3. The number of benzene rings is 1. The van der Waals surface area contributed by atoms with Gasteiger partial charge in [0.2, 0.25) is 0 Å². The Hall–Kier alpha value is -3.03. The first-order valence-electron chi connectivity index (χ1n) is 5.05. The summed E-state index contributed by atoms with van der Waals surface area (Å²) in [5.74, 6) is -2.20. The van der Waals surface area contributed by atoms with E-state index in [1.165, 1.54) is 18.2 Å². The minimum absolute atomic E-state index is 0.0479. The quantitative estimate of drug-likeness (QED) is 0.347. The Balaban J connectivity index is 2.68. The van der Waals surface area contributed by atoms with Crippen LogP contribution in [-0.2, 0) is 9.59 Å². The van der Waals surface area contributed by atoms with Gasteiger partial charge in [-0.25, -0.2) is 5.43 Å². The zero-order valence-corrected chi connectivity index (χ0v) is 9.65. The van der Waals surface area contributed by atoms with E-state index in [0.717, 1.165) is 6.21 Å². The summed E-state index contributed by atoms with van der Waals surface area (Å²) in [6.07, 6.45) is 3.99. The third-order valence-electron chi connectivity index (χ3n) is 1.96. The van der Waals surface area contributed by atoms with Gasteiger partial charge in [-0.1, -0.05) is 12.1 Å². The van der Waals surface area contributed by atoms with Crippen LogP contribution in [0.4, 0.5) is 5.69 Å². The van der Waals surface area contributed by atoms with Crippen LogP contribution in [0, 0.1) is 10.1 Å². The number of nitrogens with one attached hydrogen (secondary N) is 1. The van der Waals surface area contributed by atoms with Crippen LogP contribution in [0.3, 0.4) is 0 Å². The molecule has 1 aromatic carbocycles. The first-order valence-corrected chi connectivity index (χ1v) is 5.05. The van der Waals surface area contributed by atoms with Crippen LogP contribution in [0.25, 0.3) is 6.08 Å². The van der Waals surface area contributed by atoms with E-state index in [1.807, 2.05) is 5.43 Å². The molecule has 0 aliphatic heterocycles. The van der Waals surface area contributed by atoms with Crippen LogP contribution in [0.1, 0.15) is 5.56 Å². The minimum Gasteiger partial charge on any atom is -0.361 e. The summed E-state index contributed by atoms with van der Waals surface area (Å²) < 4.78 is 0. The predicted molar refractivity (Wildman–Crippen MR) is 68.0 cm³/mol. The van der Waals surface area contributed by atoms with Gasteiger partial charge in [0, 0.05) is 12.3 Å². The number of amides is 2. The molecule has 0 aliphatic rings. The van der Waals surface area contributed by atoms with Crippen molar-refractivity contribution < 1.29 is 14.5 Å². The maximum absolute atomic E-state index is 10.7. The molecular weight excluding hydrogens is 252 g/mol. The van der Waals surface area contributed by atoms with Gasteiger partial charge in [-0.05, 0) is 18.2 Å². The molecule has 1 rings (SSSR count). The molecule has 0 saturated heterocycles. The zero-order chi connectivity index (χ0) is 14.3. The number of rotatable bonds is 4. The topological polar surface area (TPSA) is 128 Å². The van der Waals surface area contributed by atoms with Crippen molar-refractivity contribution in [1.29, 1.82) is 0 Å². The van der Waals surface area contributed by atoms with Crippen molar-refractivity contribution in [2.24, 2.45) is 10.8 Å². The molecule has 3 N–H and O–H groups in total. The number of nitro groups is 1. The molecule has 0 fully saturated rings. The molecule has 8 nitrogen and oxygen atoms in total. The molecule has 0 aromatic heterocycles. The lowest BCUT2D eigenvalue weighted by atomic mass is 10.2. The van der Waals surface area contributed by atoms with Gasteiger partial charge >= 0.3 is 11.8 Å². The van der Waals surface area contributed by atoms with Gasteiger partial charge in [-0.3, -0.25) is 19.7 Å². The molecule has 2 amide bonds. The second kappa shape index (κ2) is 6.64. The smallest absolute Gasteiger partial charge is 0.329 e. The molecule has 1 aromatic rings. The molecule has 0 radical (unpaired) electrons. The summed E-state index contributed by atoms with van der Waals surface area (Å²) in [6.45, 7) is 0. The van der Waals surface area contributed by atoms with E-state index in [0.29, 0.717) is 5.56 Å². The Morgan fingerprint density at radius 3 is 2.68 bits per heavy atom. The van der Waals surface area contributed by atoms with E-state index in [9.17, 15) is 19.7 Å². The number of allylic oxidation sites excluding steroid dienone is 1. The van der Waals surface area contributed by atoms with Gasteiger partial charge in [0.15, 0.2) is 0 Å². The van der Waals surface area contributed by atoms with Gasteiger partial charge in [-0.15, -0.1) is 0 Å². The number of nitro benzene ring substituents is 1. The van der Waals surface area contributed by atoms with Crippen LogP contribution in [0.5, 0.6) is 0 Å². The number of para-hydroxylation sites is 1. The van der Waals surface area contributed by atoms with Crippen LogP contribution in [-0.4, -0.2) is 23.0 Å². The molecule has 0 atom stereocenters. The summed E-state index contributed by atoms with van der Waals surface area (Å²) >= 11 is 0. The molecular formula is C11H10N4O4. The number of hydrazone groups is 1. The summed E-state index contributed by atoms with van der Waals surface area (Å²) in [5, 5.41) is 14.1. The van der Waals surface area contributed by atoms with Crippen LogP contribution >= 0.6 is 0 Å². The highest BCUT2D eigenvalue weighted by Gasteiger charge is 2.08. The SMILES string of the molecule is NC(=O)C(=O)NN=CC=Cc1ccccc1[N+](=O)[O-]. The van der Waals surface area contributed by atoms with Gasteiger partial charge < -0.3 is 5.73 Å². The summed E-state index contributed by atoms with van der Waals surface area (Å²) in [7, 11) is 0. The van der Waals surface area contributed by atoms with E-state index < -0.39 is 16.7 Å². The lowest BCUT2D eigenvalue weighted by Gasteiger charge is -1.95. The number of primary amides is 1. The van der Waals surface area contributed by atoms with Crippen molar-refractivity contribution >= 4 is 29.8 Å². The van der Waals surface area contributed by atoms with Gasteiger partial charge in [0.05, 0.1) is 10.5 Å². The van der Waals surface area contributed by atoms with E-state index in [4.69, 9.17) is 0 Å². The monoisotopic (exact) mass is 262 g/mol. The molecule has 8 heteroatoms. The van der Waals surface area contributed by atoms with Gasteiger partial charge in [0.1, 0.15) is 0 Å². The highest BCUT2D eigenvalue weighted by molar-refractivity contribution is 6.34. The molecule has 0 heterocycles. The molecule has 19 heavy (non-hydrogen) atoms. The number of hydrogen-bond acceptors (Lipinski definition) is 5. The second-order valence-corrected chi connectivity index (χ2v) is 3.26. The van der Waals surface area contributed by atoms with Crippen LogP contribution in [0.15, 0.2) is 35.4 Å². The Labute approximate surface area is 107 Å². The zero-order valence-electron chi connectivity index (χ0n) is 9.65. The van der Waals surface area contributed by atoms with Gasteiger partial charge in [0.25, 0.3) is 5.69 Å². The average molecular weight is 262 g/mol. The van der Waals surface area contributed by atoms with E-state index in [1.54, 1.807) is 18.2 Å². The van der Waals surface area contributed by atoms with Crippen LogP contribution < -0.4 is 11.2 Å². The van der Waals surface area contributed by atoms with Crippen molar-refractivity contribution in [2.75, 3.05) is 0 Å². The van der Waals surface area contributed by atoms with Crippen molar-refractivity contribution in [3.63, 3.8) is 0 Å². The number of carbonyl (C=O) groups is 2. The van der Waals surface area contributed by atoms with Crippen LogP contribution in [0.2, 0.25) is 0 Å². The first-order chi connectivity index (χ1) is 9.02. The minimum atomic E-state index is -1.15. The number of hydrogen-bond donors (Lipinski definition) is 2. The summed E-state index contributed by atoms with van der Waals surface area (Å²) in [5.41, 5.74) is 6.89. The molecule has 0 bridgehead atoms. The number of carbonyl (C=O) groups excluding carboxylic acids is 2. The number of nitrogens with zero attached hydrogens (tertiary/aromatic N) is 2. The first kappa shape index (κ1) is 14.0. The Kier molecular flexibility index (Phi) is 4.91. The molecule has 0 saturated carbocycles. The molecule has 0 spiro atoms. The highest BCUT2D eigenvalue weighted by atomic mass is 16.6. The second-order valence-electron chi connectivity index (χ2n) is 3.26. The fourth-order valence-electron chi connectivity index (χ4n) is 1.14. The summed E-state index contributed by atoms with van der Waals surface area (Å²) in [6, 6.07) is 6.13. The third kappa shape index (κ3) is 4.38. The Morgan fingerprint density at radius 2 is 2.05 bits per heavy atom. The molecule has 0 aliphatic carbocycles. The standard InChI is InChI=1S/C11H10N4O4/c12-10(16)11(17)14-13-7-3-5-8-4-1-2-6-9(8)15(18)19/h1-7H,(H2,12,16)(H,14,17). The normalized spacial score (nSPS) is 10.7. The van der Waals surface area contributed by atoms with Gasteiger partial charge in [-0.2, -0.15) is 5.10 Å². The van der Waals surface area contributed by atoms with E-state index >= 15 is 0 Å². The third-order valence-corrected chi connectivity index (χ3v) is 1.96. The Bertz CT molecular complexity index is 566. The van der Waals surface area contributed by atoms with E-state index in [2.05, 4.69) is 10.8 Å².